The van der Waals surface area contributed by atoms with Crippen LogP contribution in [0.3, 0.4) is 0 Å². The fourth-order valence-electron chi connectivity index (χ4n) is 4.92. The molecule has 4 aromatic carbocycles. The molecule has 0 fully saturated rings. The number of aryl methyl sites for hydroxylation is 2. The molecular weight excluding hydrogens is 641 g/mol. The molecule has 0 bridgehead atoms. The van der Waals surface area contributed by atoms with E-state index in [4.69, 9.17) is 23.2 Å². The zero-order valence-electron chi connectivity index (χ0n) is 26.4. The maximum Gasteiger partial charge on any atom is 0.264 e. The summed E-state index contributed by atoms with van der Waals surface area (Å²) < 4.78 is 29.4. The van der Waals surface area contributed by atoms with Gasteiger partial charge in [-0.05, 0) is 62.6 Å². The number of sulfonamides is 1. The number of nitrogens with one attached hydrogen (secondary N) is 1. The average molecular weight is 681 g/mol. The van der Waals surface area contributed by atoms with Crippen LogP contribution in [0.1, 0.15) is 42.5 Å². The number of hydrogen-bond donors (Lipinski definition) is 1. The van der Waals surface area contributed by atoms with Crippen molar-refractivity contribution in [1.29, 1.82) is 0 Å². The third-order valence-electron chi connectivity index (χ3n) is 7.83. The first-order chi connectivity index (χ1) is 21.9. The Hall–Kier alpha value is -3.85. The van der Waals surface area contributed by atoms with E-state index in [-0.39, 0.29) is 45.5 Å². The van der Waals surface area contributed by atoms with E-state index in [0.29, 0.717) is 6.42 Å². The fourth-order valence-corrected chi connectivity index (χ4v) is 6.79. The van der Waals surface area contributed by atoms with Crippen molar-refractivity contribution < 1.29 is 18.0 Å². The van der Waals surface area contributed by atoms with Gasteiger partial charge in [0.25, 0.3) is 10.0 Å². The Morgan fingerprint density at radius 2 is 1.41 bits per heavy atom. The van der Waals surface area contributed by atoms with Crippen LogP contribution in [0.5, 0.6) is 0 Å². The summed E-state index contributed by atoms with van der Waals surface area (Å²) >= 11 is 12.9. The van der Waals surface area contributed by atoms with Crippen LogP contribution in [-0.4, -0.2) is 43.8 Å². The van der Waals surface area contributed by atoms with Gasteiger partial charge in [-0.3, -0.25) is 13.9 Å². The summed E-state index contributed by atoms with van der Waals surface area (Å²) in [6, 6.07) is 27.0. The van der Waals surface area contributed by atoms with E-state index in [9.17, 15) is 18.0 Å². The lowest BCUT2D eigenvalue weighted by Crippen LogP contribution is -2.54. The molecular formula is C36H39Cl2N3O4S. The smallest absolute Gasteiger partial charge is 0.264 e. The minimum atomic E-state index is -4.30. The number of rotatable bonds is 13. The Morgan fingerprint density at radius 3 is 2.02 bits per heavy atom. The van der Waals surface area contributed by atoms with Crippen LogP contribution in [0.25, 0.3) is 0 Å². The number of benzene rings is 4. The lowest BCUT2D eigenvalue weighted by atomic mass is 10.0. The minimum Gasteiger partial charge on any atom is -0.352 e. The Kier molecular flexibility index (Phi) is 11.9. The fraction of sp³-hybridized carbons (Fsp3) is 0.278. The largest absolute Gasteiger partial charge is 0.352 e. The van der Waals surface area contributed by atoms with E-state index in [1.54, 1.807) is 24.3 Å². The molecule has 10 heteroatoms. The second-order valence-corrected chi connectivity index (χ2v) is 14.1. The van der Waals surface area contributed by atoms with Crippen LogP contribution in [0, 0.1) is 13.8 Å². The van der Waals surface area contributed by atoms with Crippen molar-refractivity contribution in [2.45, 2.75) is 64.1 Å². The molecule has 242 valence electrons. The molecule has 2 atom stereocenters. The third-order valence-corrected chi connectivity index (χ3v) is 10.4. The highest BCUT2D eigenvalue weighted by Gasteiger charge is 2.35. The highest BCUT2D eigenvalue weighted by molar-refractivity contribution is 7.92. The van der Waals surface area contributed by atoms with Crippen molar-refractivity contribution >= 4 is 50.7 Å². The molecule has 0 radical (unpaired) electrons. The molecule has 0 aliphatic heterocycles. The van der Waals surface area contributed by atoms with Gasteiger partial charge in [-0.25, -0.2) is 8.42 Å². The van der Waals surface area contributed by atoms with Gasteiger partial charge in [0.05, 0.1) is 20.6 Å². The van der Waals surface area contributed by atoms with E-state index in [1.165, 1.54) is 23.1 Å². The molecule has 2 amide bonds. The minimum absolute atomic E-state index is 0.00640. The monoisotopic (exact) mass is 679 g/mol. The average Bonchev–Trinajstić information content (AvgIpc) is 3.04. The van der Waals surface area contributed by atoms with Crippen molar-refractivity contribution in [1.82, 2.24) is 10.2 Å². The zero-order chi connectivity index (χ0) is 33.4. The van der Waals surface area contributed by atoms with E-state index in [2.05, 4.69) is 5.32 Å². The normalized spacial score (nSPS) is 12.7. The molecule has 4 rings (SSSR count). The van der Waals surface area contributed by atoms with Crippen LogP contribution in [0.15, 0.2) is 102 Å². The summed E-state index contributed by atoms with van der Waals surface area (Å²) in [6.07, 6.45) is 0.925. The summed E-state index contributed by atoms with van der Waals surface area (Å²) in [7, 11) is -4.30. The molecule has 7 nitrogen and oxygen atoms in total. The number of carbonyl (C=O) groups excluding carboxylic acids is 2. The predicted octanol–water partition coefficient (Wildman–Crippen LogP) is 7.36. The summed E-state index contributed by atoms with van der Waals surface area (Å²) in [4.78, 5) is 30.0. The first-order valence-corrected chi connectivity index (χ1v) is 17.3. The molecule has 4 aromatic rings. The Labute approximate surface area is 282 Å². The molecule has 0 aromatic heterocycles. The van der Waals surface area contributed by atoms with Crippen LogP contribution in [0.2, 0.25) is 10.0 Å². The number of amides is 2. The topological polar surface area (TPSA) is 86.8 Å². The highest BCUT2D eigenvalue weighted by Crippen LogP contribution is 2.35. The van der Waals surface area contributed by atoms with Gasteiger partial charge in [0.2, 0.25) is 11.8 Å². The third kappa shape index (κ3) is 8.69. The highest BCUT2D eigenvalue weighted by atomic mass is 35.5. The summed E-state index contributed by atoms with van der Waals surface area (Å²) in [5.74, 6) is -0.903. The molecule has 0 spiro atoms. The van der Waals surface area contributed by atoms with Crippen LogP contribution in [0.4, 0.5) is 5.69 Å². The van der Waals surface area contributed by atoms with Crippen molar-refractivity contribution in [2.24, 2.45) is 0 Å². The maximum atomic E-state index is 14.6. The van der Waals surface area contributed by atoms with Crippen LogP contribution >= 0.6 is 23.2 Å². The van der Waals surface area contributed by atoms with Crippen molar-refractivity contribution in [2.75, 3.05) is 10.8 Å². The number of nitrogens with zero attached hydrogens (tertiary/aromatic N) is 2. The van der Waals surface area contributed by atoms with Crippen LogP contribution in [-0.2, 0) is 32.6 Å². The van der Waals surface area contributed by atoms with Gasteiger partial charge in [0, 0.05) is 19.0 Å². The quantitative estimate of drug-likeness (QED) is 0.160. The second kappa shape index (κ2) is 15.6. The molecule has 0 aliphatic rings. The molecule has 0 saturated carbocycles. The first-order valence-electron chi connectivity index (χ1n) is 15.1. The Bertz CT molecular complexity index is 1750. The van der Waals surface area contributed by atoms with Gasteiger partial charge >= 0.3 is 0 Å². The summed E-state index contributed by atoms with van der Waals surface area (Å²) in [6.45, 7) is 7.14. The van der Waals surface area contributed by atoms with E-state index in [1.807, 2.05) is 82.3 Å². The molecule has 0 unspecified atom stereocenters. The van der Waals surface area contributed by atoms with Gasteiger partial charge in [-0.1, -0.05) is 114 Å². The van der Waals surface area contributed by atoms with E-state index < -0.39 is 28.5 Å². The standard InChI is InChI=1S/C36H39Cl2N3O4S/c1-5-27(4)39-36(43)33(22-28-10-7-6-8-11-28)40(23-29-18-14-25(2)15-19-29)34(42)24-41(32-13-9-12-31(37)35(32)38)46(44,45)30-20-16-26(3)17-21-30/h6-21,27,33H,5,22-24H2,1-4H3,(H,39,43)/t27-,33-/m1/s1. The summed E-state index contributed by atoms with van der Waals surface area (Å²) in [5.41, 5.74) is 3.63. The van der Waals surface area contributed by atoms with Gasteiger partial charge in [-0.15, -0.1) is 0 Å². The number of hydrogen-bond acceptors (Lipinski definition) is 4. The molecule has 0 aliphatic carbocycles. The molecule has 46 heavy (non-hydrogen) atoms. The van der Waals surface area contributed by atoms with Crippen LogP contribution < -0.4 is 9.62 Å². The molecule has 0 heterocycles. The van der Waals surface area contributed by atoms with Crippen molar-refractivity contribution in [3.05, 3.63) is 129 Å². The second-order valence-electron chi connectivity index (χ2n) is 11.4. The van der Waals surface area contributed by atoms with Gasteiger partial charge < -0.3 is 10.2 Å². The number of anilines is 1. The maximum absolute atomic E-state index is 14.6. The summed E-state index contributed by atoms with van der Waals surface area (Å²) in [5, 5.41) is 3.17. The lowest BCUT2D eigenvalue weighted by molar-refractivity contribution is -0.140. The predicted molar refractivity (Wildman–Crippen MR) is 186 cm³/mol. The van der Waals surface area contributed by atoms with E-state index >= 15 is 0 Å². The van der Waals surface area contributed by atoms with E-state index in [0.717, 1.165) is 26.6 Å². The van der Waals surface area contributed by atoms with Gasteiger partial charge in [0.15, 0.2) is 0 Å². The van der Waals surface area contributed by atoms with Crippen molar-refractivity contribution in [3.8, 4) is 0 Å². The molecule has 1 N–H and O–H groups in total. The number of carbonyl (C=O) groups is 2. The SMILES string of the molecule is CC[C@@H](C)NC(=O)[C@@H](Cc1ccccc1)N(Cc1ccc(C)cc1)C(=O)CN(c1cccc(Cl)c1Cl)S(=O)(=O)c1ccc(C)cc1. The number of halogens is 2. The first kappa shape index (κ1) is 35.0. The lowest BCUT2D eigenvalue weighted by Gasteiger charge is -2.34. The Balaban J connectivity index is 1.83. The Morgan fingerprint density at radius 1 is 0.804 bits per heavy atom. The van der Waals surface area contributed by atoms with Gasteiger partial charge in [-0.2, -0.15) is 0 Å². The zero-order valence-corrected chi connectivity index (χ0v) is 28.7. The molecule has 0 saturated heterocycles. The van der Waals surface area contributed by atoms with Gasteiger partial charge in [0.1, 0.15) is 12.6 Å². The van der Waals surface area contributed by atoms with Crippen molar-refractivity contribution in [3.63, 3.8) is 0 Å².